The van der Waals surface area contributed by atoms with Crippen LogP contribution in [0.15, 0.2) is 0 Å². The molecule has 1 unspecified atom stereocenters. The maximum atomic E-state index is 10.7. The van der Waals surface area contributed by atoms with Crippen LogP contribution >= 0.6 is 0 Å². The monoisotopic (exact) mass is 186 g/mol. The van der Waals surface area contributed by atoms with E-state index in [9.17, 15) is 9.59 Å². The Labute approximate surface area is 76.9 Å². The maximum Gasteiger partial charge on any atom is 0.307 e. The molecule has 1 saturated carbocycles. The topological polar surface area (TPSA) is 63.6 Å². The summed E-state index contributed by atoms with van der Waals surface area (Å²) in [6.07, 6.45) is 0. The van der Waals surface area contributed by atoms with Gasteiger partial charge in [-0.3, -0.25) is 9.59 Å². The first kappa shape index (κ1) is 10.0. The number of esters is 1. The molecule has 0 aromatic heterocycles. The molecule has 13 heavy (non-hydrogen) atoms. The van der Waals surface area contributed by atoms with Gasteiger partial charge in [0.15, 0.2) is 0 Å². The van der Waals surface area contributed by atoms with Gasteiger partial charge in [0.2, 0.25) is 0 Å². The number of carboxylic acid groups (broad SMARTS) is 1. The Kier molecular flexibility index (Phi) is 2.32. The van der Waals surface area contributed by atoms with E-state index in [0.29, 0.717) is 0 Å². The number of rotatable bonds is 3. The first-order chi connectivity index (χ1) is 5.87. The molecule has 0 amide bonds. The van der Waals surface area contributed by atoms with E-state index in [1.165, 1.54) is 6.92 Å². The van der Waals surface area contributed by atoms with Gasteiger partial charge in [-0.25, -0.2) is 0 Å². The standard InChI is InChI=1S/C9H14O4/c1-5(10)13-4-6-7(8(11)12)9(6,2)3/h6-7H,4H2,1-3H3,(H,11,12)/t6?,7-/m0/s1. The van der Waals surface area contributed by atoms with Crippen LogP contribution in [-0.2, 0) is 14.3 Å². The zero-order chi connectivity index (χ0) is 10.2. The van der Waals surface area contributed by atoms with Crippen LogP contribution in [0.3, 0.4) is 0 Å². The van der Waals surface area contributed by atoms with Gasteiger partial charge in [0, 0.05) is 12.8 Å². The lowest BCUT2D eigenvalue weighted by molar-refractivity contribution is -0.143. The van der Waals surface area contributed by atoms with Gasteiger partial charge in [-0.05, 0) is 5.41 Å². The van der Waals surface area contributed by atoms with Crippen LogP contribution < -0.4 is 0 Å². The van der Waals surface area contributed by atoms with Crippen molar-refractivity contribution in [3.05, 3.63) is 0 Å². The second-order valence-electron chi connectivity index (χ2n) is 4.05. The molecule has 74 valence electrons. The van der Waals surface area contributed by atoms with Gasteiger partial charge in [-0.2, -0.15) is 0 Å². The van der Waals surface area contributed by atoms with E-state index < -0.39 is 5.97 Å². The smallest absolute Gasteiger partial charge is 0.307 e. The van der Waals surface area contributed by atoms with Crippen LogP contribution in [0.5, 0.6) is 0 Å². The van der Waals surface area contributed by atoms with Gasteiger partial charge in [-0.1, -0.05) is 13.8 Å². The van der Waals surface area contributed by atoms with Crippen LogP contribution in [0.2, 0.25) is 0 Å². The van der Waals surface area contributed by atoms with Crippen molar-refractivity contribution >= 4 is 11.9 Å². The highest BCUT2D eigenvalue weighted by molar-refractivity contribution is 5.75. The molecule has 1 N–H and O–H groups in total. The Bertz CT molecular complexity index is 244. The van der Waals surface area contributed by atoms with Crippen molar-refractivity contribution in [3.63, 3.8) is 0 Å². The molecule has 1 fully saturated rings. The van der Waals surface area contributed by atoms with Gasteiger partial charge < -0.3 is 9.84 Å². The van der Waals surface area contributed by atoms with E-state index in [0.717, 1.165) is 0 Å². The van der Waals surface area contributed by atoms with Gasteiger partial charge in [0.1, 0.15) is 0 Å². The van der Waals surface area contributed by atoms with Crippen LogP contribution in [0.25, 0.3) is 0 Å². The van der Waals surface area contributed by atoms with E-state index in [2.05, 4.69) is 0 Å². The zero-order valence-electron chi connectivity index (χ0n) is 8.03. The number of carbonyl (C=O) groups excluding carboxylic acids is 1. The number of aliphatic carboxylic acids is 1. The third-order valence-electron chi connectivity index (χ3n) is 2.78. The highest BCUT2D eigenvalue weighted by Crippen LogP contribution is 2.58. The lowest BCUT2D eigenvalue weighted by atomic mass is 10.1. The first-order valence-corrected chi connectivity index (χ1v) is 4.23. The molecule has 4 nitrogen and oxygen atoms in total. The number of carbonyl (C=O) groups is 2. The molecule has 2 atom stereocenters. The highest BCUT2D eigenvalue weighted by atomic mass is 16.5. The average molecular weight is 186 g/mol. The van der Waals surface area contributed by atoms with E-state index in [-0.39, 0.29) is 29.8 Å². The Morgan fingerprint density at radius 2 is 2.00 bits per heavy atom. The van der Waals surface area contributed by atoms with Crippen molar-refractivity contribution in [2.24, 2.45) is 17.3 Å². The SMILES string of the molecule is CC(=O)OCC1[C@@H](C(=O)O)C1(C)C. The van der Waals surface area contributed by atoms with Crippen LogP contribution in [0.1, 0.15) is 20.8 Å². The average Bonchev–Trinajstić information content (AvgIpc) is 2.48. The summed E-state index contributed by atoms with van der Waals surface area (Å²) in [5, 5.41) is 8.78. The second-order valence-corrected chi connectivity index (χ2v) is 4.05. The summed E-state index contributed by atoms with van der Waals surface area (Å²) in [6.45, 7) is 5.30. The lowest BCUT2D eigenvalue weighted by Gasteiger charge is -2.01. The normalized spacial score (nSPS) is 29.5. The van der Waals surface area contributed by atoms with E-state index in [4.69, 9.17) is 9.84 Å². The molecule has 0 saturated heterocycles. The largest absolute Gasteiger partial charge is 0.481 e. The van der Waals surface area contributed by atoms with Gasteiger partial charge in [0.05, 0.1) is 12.5 Å². The fourth-order valence-electron chi connectivity index (χ4n) is 1.75. The van der Waals surface area contributed by atoms with Crippen molar-refractivity contribution < 1.29 is 19.4 Å². The molecular weight excluding hydrogens is 172 g/mol. The second kappa shape index (κ2) is 3.01. The predicted molar refractivity (Wildman–Crippen MR) is 45.0 cm³/mol. The molecule has 4 heteroatoms. The van der Waals surface area contributed by atoms with Crippen molar-refractivity contribution in [1.82, 2.24) is 0 Å². The first-order valence-electron chi connectivity index (χ1n) is 4.23. The summed E-state index contributed by atoms with van der Waals surface area (Å²) in [7, 11) is 0. The molecule has 0 aliphatic heterocycles. The van der Waals surface area contributed by atoms with E-state index in [1.807, 2.05) is 13.8 Å². The fourth-order valence-corrected chi connectivity index (χ4v) is 1.75. The fraction of sp³-hybridized carbons (Fsp3) is 0.778. The molecular formula is C9H14O4. The van der Waals surface area contributed by atoms with Gasteiger partial charge in [-0.15, -0.1) is 0 Å². The molecule has 0 aromatic carbocycles. The predicted octanol–water partition coefficient (Wildman–Crippen LogP) is 0.906. The molecule has 0 aromatic rings. The maximum absolute atomic E-state index is 10.7. The summed E-state index contributed by atoms with van der Waals surface area (Å²) >= 11 is 0. The molecule has 0 radical (unpaired) electrons. The Hall–Kier alpha value is -1.06. The molecule has 1 rings (SSSR count). The molecule has 0 spiro atoms. The van der Waals surface area contributed by atoms with E-state index in [1.54, 1.807) is 0 Å². The third kappa shape index (κ3) is 1.82. The minimum atomic E-state index is -0.804. The van der Waals surface area contributed by atoms with Gasteiger partial charge in [0.25, 0.3) is 0 Å². The number of hydrogen-bond acceptors (Lipinski definition) is 3. The number of carboxylic acids is 1. The molecule has 0 heterocycles. The summed E-state index contributed by atoms with van der Waals surface area (Å²) in [6, 6.07) is 0. The molecule has 1 aliphatic carbocycles. The van der Waals surface area contributed by atoms with Crippen LogP contribution in [0, 0.1) is 17.3 Å². The summed E-state index contributed by atoms with van der Waals surface area (Å²) in [5.41, 5.74) is -0.235. The van der Waals surface area contributed by atoms with Crippen LogP contribution in [0.4, 0.5) is 0 Å². The van der Waals surface area contributed by atoms with E-state index >= 15 is 0 Å². The Morgan fingerprint density at radius 3 is 2.31 bits per heavy atom. The quantitative estimate of drug-likeness (QED) is 0.665. The third-order valence-corrected chi connectivity index (χ3v) is 2.78. The van der Waals surface area contributed by atoms with Gasteiger partial charge >= 0.3 is 11.9 Å². The van der Waals surface area contributed by atoms with Crippen molar-refractivity contribution in [2.45, 2.75) is 20.8 Å². The lowest BCUT2D eigenvalue weighted by Crippen LogP contribution is -2.06. The summed E-state index contributed by atoms with van der Waals surface area (Å²) in [4.78, 5) is 21.2. The van der Waals surface area contributed by atoms with Crippen molar-refractivity contribution in [1.29, 1.82) is 0 Å². The zero-order valence-corrected chi connectivity index (χ0v) is 8.03. The Balaban J connectivity index is 2.46. The van der Waals surface area contributed by atoms with Crippen LogP contribution in [-0.4, -0.2) is 23.7 Å². The number of ether oxygens (including phenoxy) is 1. The molecule has 0 bridgehead atoms. The minimum absolute atomic E-state index is 0.0334. The minimum Gasteiger partial charge on any atom is -0.481 e. The molecule has 1 aliphatic rings. The van der Waals surface area contributed by atoms with Crippen molar-refractivity contribution in [2.75, 3.05) is 6.61 Å². The summed E-state index contributed by atoms with van der Waals surface area (Å²) in [5.74, 6) is -1.56. The highest BCUT2D eigenvalue weighted by Gasteiger charge is 2.62. The summed E-state index contributed by atoms with van der Waals surface area (Å²) < 4.78 is 4.78. The number of hydrogen-bond donors (Lipinski definition) is 1. The Morgan fingerprint density at radius 1 is 1.46 bits per heavy atom. The van der Waals surface area contributed by atoms with Crippen molar-refractivity contribution in [3.8, 4) is 0 Å².